The van der Waals surface area contributed by atoms with Gasteiger partial charge in [-0.15, -0.1) is 0 Å². The number of amides is 1. The Hall–Kier alpha value is -2.64. The quantitative estimate of drug-likeness (QED) is 0.692. The maximum atomic E-state index is 12.8. The summed E-state index contributed by atoms with van der Waals surface area (Å²) in [6, 6.07) is 3.38. The van der Waals surface area contributed by atoms with Gasteiger partial charge in [-0.05, 0) is 37.8 Å². The number of H-pyrrole nitrogens is 1. The summed E-state index contributed by atoms with van der Waals surface area (Å²) in [5.74, 6) is 0.708. The highest BCUT2D eigenvalue weighted by Gasteiger charge is 2.37. The van der Waals surface area contributed by atoms with E-state index in [9.17, 15) is 14.9 Å². The normalized spacial score (nSPS) is 21.4. The second-order valence-electron chi connectivity index (χ2n) is 5.96. The average molecular weight is 318 g/mol. The third-order valence-electron chi connectivity index (χ3n) is 4.30. The van der Waals surface area contributed by atoms with Gasteiger partial charge in [-0.1, -0.05) is 6.92 Å². The molecule has 0 spiro atoms. The third-order valence-corrected chi connectivity index (χ3v) is 4.30. The zero-order chi connectivity index (χ0) is 16.6. The Balaban J connectivity index is 1.95. The first kappa shape index (κ1) is 15.3. The molecule has 122 valence electrons. The van der Waals surface area contributed by atoms with Gasteiger partial charge in [0, 0.05) is 6.54 Å². The van der Waals surface area contributed by atoms with Gasteiger partial charge in [-0.3, -0.25) is 20.0 Å². The summed E-state index contributed by atoms with van der Waals surface area (Å²) in [7, 11) is 0. The van der Waals surface area contributed by atoms with E-state index in [1.54, 1.807) is 17.2 Å². The Bertz CT molecular complexity index is 722. The van der Waals surface area contributed by atoms with Crippen LogP contribution in [0.3, 0.4) is 0 Å². The molecular formula is C15H18N4O4. The van der Waals surface area contributed by atoms with Crippen molar-refractivity contribution in [2.24, 2.45) is 5.92 Å². The van der Waals surface area contributed by atoms with Crippen molar-refractivity contribution in [3.05, 3.63) is 45.7 Å². The minimum Gasteiger partial charge on any atom is -0.467 e. The molecule has 0 aromatic carbocycles. The van der Waals surface area contributed by atoms with E-state index in [0.29, 0.717) is 18.2 Å². The number of nitro groups is 1. The minimum atomic E-state index is -0.569. The Morgan fingerprint density at radius 3 is 3.00 bits per heavy atom. The maximum absolute atomic E-state index is 12.8. The number of furan rings is 1. The van der Waals surface area contributed by atoms with Crippen LogP contribution in [-0.4, -0.2) is 32.5 Å². The number of likely N-dealkylation sites (tertiary alicyclic amines) is 1. The number of carbonyl (C=O) groups is 1. The van der Waals surface area contributed by atoms with E-state index >= 15 is 0 Å². The van der Waals surface area contributed by atoms with Crippen LogP contribution < -0.4 is 0 Å². The Morgan fingerprint density at radius 2 is 2.35 bits per heavy atom. The summed E-state index contributed by atoms with van der Waals surface area (Å²) < 4.78 is 5.46. The molecule has 1 aliphatic rings. The number of rotatable bonds is 3. The van der Waals surface area contributed by atoms with Gasteiger partial charge in [0.1, 0.15) is 11.5 Å². The molecule has 1 N–H and O–H groups in total. The lowest BCUT2D eigenvalue weighted by Gasteiger charge is -2.36. The van der Waals surface area contributed by atoms with Gasteiger partial charge in [0.15, 0.2) is 0 Å². The number of nitrogens with one attached hydrogen (secondary N) is 1. The van der Waals surface area contributed by atoms with Gasteiger partial charge in [-0.2, -0.15) is 5.10 Å². The summed E-state index contributed by atoms with van der Waals surface area (Å²) in [6.07, 6.45) is 3.18. The minimum absolute atomic E-state index is 0.140. The van der Waals surface area contributed by atoms with Crippen LogP contribution in [0.25, 0.3) is 0 Å². The van der Waals surface area contributed by atoms with Crippen molar-refractivity contribution in [1.82, 2.24) is 15.1 Å². The molecule has 0 radical (unpaired) electrons. The number of piperidine rings is 1. The summed E-state index contributed by atoms with van der Waals surface area (Å²) in [6.45, 7) is 4.18. The zero-order valence-corrected chi connectivity index (χ0v) is 13.0. The van der Waals surface area contributed by atoms with Gasteiger partial charge in [0.05, 0.1) is 17.2 Å². The standard InChI is InChI=1S/C15H18N4O4/c1-9-5-6-18(11(8-9)12-4-3-7-23-12)15(20)13-14(19(21)22)10(2)16-17-13/h3-4,7,9,11H,5-6,8H2,1-2H3,(H,16,17)/t9-,11+/m1/s1. The number of hydrogen-bond acceptors (Lipinski definition) is 5. The van der Waals surface area contributed by atoms with Crippen molar-refractivity contribution < 1.29 is 14.1 Å². The molecule has 1 saturated heterocycles. The predicted octanol–water partition coefficient (Wildman–Crippen LogP) is 2.83. The first-order valence-corrected chi connectivity index (χ1v) is 7.52. The van der Waals surface area contributed by atoms with Gasteiger partial charge < -0.3 is 9.32 Å². The molecule has 0 aliphatic carbocycles. The SMILES string of the molecule is Cc1[nH]nc(C(=O)N2CC[C@@H](C)C[C@H]2c2ccco2)c1[N+](=O)[O-]. The van der Waals surface area contributed by atoms with E-state index in [-0.39, 0.29) is 23.1 Å². The van der Waals surface area contributed by atoms with E-state index < -0.39 is 10.8 Å². The van der Waals surface area contributed by atoms with Crippen molar-refractivity contribution in [1.29, 1.82) is 0 Å². The van der Waals surface area contributed by atoms with Crippen molar-refractivity contribution in [2.45, 2.75) is 32.7 Å². The van der Waals surface area contributed by atoms with E-state index in [1.807, 2.05) is 6.07 Å². The first-order chi connectivity index (χ1) is 11.0. The number of aryl methyl sites for hydroxylation is 1. The summed E-state index contributed by atoms with van der Waals surface area (Å²) >= 11 is 0. The first-order valence-electron chi connectivity index (χ1n) is 7.52. The lowest BCUT2D eigenvalue weighted by Crippen LogP contribution is -2.40. The van der Waals surface area contributed by atoms with Crippen molar-refractivity contribution in [2.75, 3.05) is 6.54 Å². The van der Waals surface area contributed by atoms with Crippen LogP contribution in [0.2, 0.25) is 0 Å². The molecule has 0 saturated carbocycles. The van der Waals surface area contributed by atoms with E-state index in [1.165, 1.54) is 6.92 Å². The largest absolute Gasteiger partial charge is 0.467 e. The molecule has 1 fully saturated rings. The number of hydrogen-bond donors (Lipinski definition) is 1. The molecule has 2 aromatic rings. The van der Waals surface area contributed by atoms with Crippen molar-refractivity contribution in [3.63, 3.8) is 0 Å². The zero-order valence-electron chi connectivity index (χ0n) is 13.0. The van der Waals surface area contributed by atoms with Crippen LogP contribution in [0.4, 0.5) is 5.69 Å². The molecular weight excluding hydrogens is 300 g/mol. The molecule has 8 nitrogen and oxygen atoms in total. The van der Waals surface area contributed by atoms with Crippen LogP contribution in [0, 0.1) is 23.0 Å². The van der Waals surface area contributed by atoms with E-state index in [4.69, 9.17) is 4.42 Å². The molecule has 3 rings (SSSR count). The Morgan fingerprint density at radius 1 is 1.57 bits per heavy atom. The van der Waals surface area contributed by atoms with Crippen molar-refractivity contribution in [3.8, 4) is 0 Å². The van der Waals surface area contributed by atoms with Crippen LogP contribution in [0.15, 0.2) is 22.8 Å². The summed E-state index contributed by atoms with van der Waals surface area (Å²) in [5, 5.41) is 17.6. The smallest absolute Gasteiger partial charge is 0.322 e. The van der Waals surface area contributed by atoms with Crippen LogP contribution in [-0.2, 0) is 0 Å². The summed E-state index contributed by atoms with van der Waals surface area (Å²) in [5.41, 5.74) is -0.122. The molecule has 23 heavy (non-hydrogen) atoms. The van der Waals surface area contributed by atoms with Crippen LogP contribution >= 0.6 is 0 Å². The topological polar surface area (TPSA) is 105 Å². The Kier molecular flexibility index (Phi) is 3.89. The highest BCUT2D eigenvalue weighted by molar-refractivity contribution is 5.96. The highest BCUT2D eigenvalue weighted by atomic mass is 16.6. The fourth-order valence-corrected chi connectivity index (χ4v) is 3.07. The van der Waals surface area contributed by atoms with Crippen molar-refractivity contribution >= 4 is 11.6 Å². The second-order valence-corrected chi connectivity index (χ2v) is 5.96. The maximum Gasteiger partial charge on any atom is 0.322 e. The van der Waals surface area contributed by atoms with Gasteiger partial charge in [-0.25, -0.2) is 0 Å². The molecule has 3 heterocycles. The lowest BCUT2D eigenvalue weighted by molar-refractivity contribution is -0.385. The molecule has 8 heteroatoms. The monoisotopic (exact) mass is 318 g/mol. The number of nitrogens with zero attached hydrogens (tertiary/aromatic N) is 3. The molecule has 1 amide bonds. The summed E-state index contributed by atoms with van der Waals surface area (Å²) in [4.78, 5) is 25.1. The fraction of sp³-hybridized carbons (Fsp3) is 0.467. The van der Waals surface area contributed by atoms with E-state index in [2.05, 4.69) is 17.1 Å². The third kappa shape index (κ3) is 2.71. The predicted molar refractivity (Wildman–Crippen MR) is 80.9 cm³/mol. The van der Waals surface area contributed by atoms with Crippen LogP contribution in [0.1, 0.15) is 47.7 Å². The van der Waals surface area contributed by atoms with Gasteiger partial charge >= 0.3 is 5.69 Å². The number of aromatic nitrogens is 2. The molecule has 2 aromatic heterocycles. The second kappa shape index (κ2) is 5.86. The highest BCUT2D eigenvalue weighted by Crippen LogP contribution is 2.36. The Labute approximate surface area is 132 Å². The molecule has 0 unspecified atom stereocenters. The lowest BCUT2D eigenvalue weighted by atomic mass is 9.90. The molecule has 2 atom stereocenters. The number of carbonyl (C=O) groups excluding carboxylic acids is 1. The van der Waals surface area contributed by atoms with Crippen LogP contribution in [0.5, 0.6) is 0 Å². The van der Waals surface area contributed by atoms with Gasteiger partial charge in [0.2, 0.25) is 5.69 Å². The van der Waals surface area contributed by atoms with Gasteiger partial charge in [0.25, 0.3) is 5.91 Å². The average Bonchev–Trinajstić information content (AvgIpc) is 3.15. The number of aromatic amines is 1. The molecule has 1 aliphatic heterocycles. The van der Waals surface area contributed by atoms with E-state index in [0.717, 1.165) is 12.8 Å². The molecule has 0 bridgehead atoms. The fourth-order valence-electron chi connectivity index (χ4n) is 3.07.